The summed E-state index contributed by atoms with van der Waals surface area (Å²) in [5.41, 5.74) is 2.33. The van der Waals surface area contributed by atoms with Gasteiger partial charge in [0.05, 0.1) is 0 Å². The Bertz CT molecular complexity index is 740. The number of nitrogens with zero attached hydrogens (tertiary/aromatic N) is 1. The minimum Gasteiger partial charge on any atom is -0.361 e. The number of urea groups is 1. The number of rotatable bonds is 7. The molecule has 2 aromatic rings. The highest BCUT2D eigenvalue weighted by atomic mass is 16.2. The van der Waals surface area contributed by atoms with Gasteiger partial charge in [-0.15, -0.1) is 0 Å². The molecular formula is C20H28N4O2. The van der Waals surface area contributed by atoms with Gasteiger partial charge in [-0.05, 0) is 37.3 Å². The van der Waals surface area contributed by atoms with E-state index < -0.39 is 0 Å². The lowest BCUT2D eigenvalue weighted by Crippen LogP contribution is -2.38. The van der Waals surface area contributed by atoms with E-state index in [0.717, 1.165) is 50.7 Å². The van der Waals surface area contributed by atoms with E-state index in [2.05, 4.69) is 21.7 Å². The summed E-state index contributed by atoms with van der Waals surface area (Å²) in [4.78, 5) is 29.0. The molecule has 1 aliphatic rings. The van der Waals surface area contributed by atoms with E-state index in [1.165, 1.54) is 10.9 Å². The first-order valence-corrected chi connectivity index (χ1v) is 9.58. The Morgan fingerprint density at radius 2 is 1.96 bits per heavy atom. The molecule has 0 saturated carbocycles. The Morgan fingerprint density at radius 3 is 2.88 bits per heavy atom. The average molecular weight is 356 g/mol. The molecule has 1 aromatic carbocycles. The van der Waals surface area contributed by atoms with Gasteiger partial charge in [-0.25, -0.2) is 4.79 Å². The Kier molecular flexibility index (Phi) is 6.52. The zero-order valence-electron chi connectivity index (χ0n) is 15.2. The third kappa shape index (κ3) is 5.00. The van der Waals surface area contributed by atoms with Crippen molar-refractivity contribution >= 4 is 22.8 Å². The van der Waals surface area contributed by atoms with Gasteiger partial charge >= 0.3 is 6.03 Å². The molecule has 2 heterocycles. The number of hydrogen-bond donors (Lipinski definition) is 3. The molecule has 140 valence electrons. The van der Waals surface area contributed by atoms with Crippen molar-refractivity contribution in [3.05, 3.63) is 36.0 Å². The number of fused-ring (bicyclic) bond motifs is 1. The second kappa shape index (κ2) is 9.27. The van der Waals surface area contributed by atoms with Gasteiger partial charge in [0, 0.05) is 49.7 Å². The summed E-state index contributed by atoms with van der Waals surface area (Å²) in [7, 11) is 0. The predicted molar refractivity (Wildman–Crippen MR) is 103 cm³/mol. The zero-order chi connectivity index (χ0) is 18.2. The van der Waals surface area contributed by atoms with Crippen molar-refractivity contribution in [3.8, 4) is 0 Å². The molecule has 1 aromatic heterocycles. The van der Waals surface area contributed by atoms with Crippen molar-refractivity contribution < 1.29 is 9.59 Å². The van der Waals surface area contributed by atoms with Gasteiger partial charge < -0.3 is 20.5 Å². The Balaban J connectivity index is 1.31. The molecule has 26 heavy (non-hydrogen) atoms. The summed E-state index contributed by atoms with van der Waals surface area (Å²) in [6.07, 6.45) is 7.49. The molecule has 3 N–H and O–H groups in total. The van der Waals surface area contributed by atoms with Crippen LogP contribution in [-0.4, -0.2) is 48.0 Å². The van der Waals surface area contributed by atoms with Crippen LogP contribution < -0.4 is 10.6 Å². The van der Waals surface area contributed by atoms with Crippen LogP contribution in [0.4, 0.5) is 4.79 Å². The lowest BCUT2D eigenvalue weighted by atomic mass is 10.1. The molecule has 1 fully saturated rings. The first-order valence-electron chi connectivity index (χ1n) is 9.58. The largest absolute Gasteiger partial charge is 0.361 e. The van der Waals surface area contributed by atoms with Gasteiger partial charge in [0.15, 0.2) is 0 Å². The summed E-state index contributed by atoms with van der Waals surface area (Å²) in [5, 5.41) is 6.98. The number of carbonyl (C=O) groups excluding carboxylic acids is 2. The fourth-order valence-corrected chi connectivity index (χ4v) is 3.46. The SMILES string of the molecule is O=C(NCCCN1CCCCCC1=O)NCCc1c[nH]c2ccccc12. The zero-order valence-corrected chi connectivity index (χ0v) is 15.2. The van der Waals surface area contributed by atoms with E-state index in [-0.39, 0.29) is 11.9 Å². The molecule has 0 bridgehead atoms. The molecule has 0 aliphatic carbocycles. The first kappa shape index (κ1) is 18.3. The summed E-state index contributed by atoms with van der Waals surface area (Å²) in [5.74, 6) is 0.255. The molecule has 3 rings (SSSR count). The van der Waals surface area contributed by atoms with Crippen molar-refractivity contribution in [2.75, 3.05) is 26.2 Å². The van der Waals surface area contributed by atoms with Gasteiger partial charge in [-0.3, -0.25) is 4.79 Å². The van der Waals surface area contributed by atoms with Gasteiger partial charge in [-0.1, -0.05) is 24.6 Å². The first-order chi connectivity index (χ1) is 12.7. The predicted octanol–water partition coefficient (Wildman–Crippen LogP) is 2.80. The van der Waals surface area contributed by atoms with E-state index in [1.807, 2.05) is 29.3 Å². The number of carbonyl (C=O) groups is 2. The maximum atomic E-state index is 11.9. The molecule has 0 radical (unpaired) electrons. The van der Waals surface area contributed by atoms with Crippen LogP contribution in [0.1, 0.15) is 37.7 Å². The summed E-state index contributed by atoms with van der Waals surface area (Å²) in [6.45, 7) is 2.77. The lowest BCUT2D eigenvalue weighted by Gasteiger charge is -2.20. The van der Waals surface area contributed by atoms with Gasteiger partial charge in [-0.2, -0.15) is 0 Å². The van der Waals surface area contributed by atoms with E-state index >= 15 is 0 Å². The third-order valence-electron chi connectivity index (χ3n) is 4.92. The van der Waals surface area contributed by atoms with E-state index in [4.69, 9.17) is 0 Å². The van der Waals surface area contributed by atoms with Crippen LogP contribution in [0.5, 0.6) is 0 Å². The van der Waals surface area contributed by atoms with Gasteiger partial charge in [0.25, 0.3) is 0 Å². The summed E-state index contributed by atoms with van der Waals surface area (Å²) >= 11 is 0. The fourth-order valence-electron chi connectivity index (χ4n) is 3.46. The molecular weight excluding hydrogens is 328 g/mol. The minimum absolute atomic E-state index is 0.146. The molecule has 1 saturated heterocycles. The van der Waals surface area contributed by atoms with Crippen molar-refractivity contribution in [2.24, 2.45) is 0 Å². The number of amides is 3. The van der Waals surface area contributed by atoms with Crippen LogP contribution in [-0.2, 0) is 11.2 Å². The molecule has 0 atom stereocenters. The highest BCUT2D eigenvalue weighted by Crippen LogP contribution is 2.17. The number of likely N-dealkylation sites (tertiary alicyclic amines) is 1. The van der Waals surface area contributed by atoms with Crippen molar-refractivity contribution in [2.45, 2.75) is 38.5 Å². The number of hydrogen-bond acceptors (Lipinski definition) is 2. The van der Waals surface area contributed by atoms with Crippen molar-refractivity contribution in [1.29, 1.82) is 0 Å². The Labute approximate surface area is 154 Å². The number of H-pyrrole nitrogens is 1. The summed E-state index contributed by atoms with van der Waals surface area (Å²) in [6, 6.07) is 8.02. The van der Waals surface area contributed by atoms with Crippen LogP contribution >= 0.6 is 0 Å². The Hall–Kier alpha value is -2.50. The smallest absolute Gasteiger partial charge is 0.314 e. The second-order valence-electron chi connectivity index (χ2n) is 6.84. The van der Waals surface area contributed by atoms with E-state index in [1.54, 1.807) is 0 Å². The molecule has 6 nitrogen and oxygen atoms in total. The molecule has 0 spiro atoms. The van der Waals surface area contributed by atoms with Crippen LogP contribution in [0.15, 0.2) is 30.5 Å². The maximum Gasteiger partial charge on any atom is 0.314 e. The number of nitrogens with one attached hydrogen (secondary N) is 3. The number of aromatic amines is 1. The topological polar surface area (TPSA) is 77.2 Å². The number of benzene rings is 1. The quantitative estimate of drug-likeness (QED) is 0.667. The number of aromatic nitrogens is 1. The average Bonchev–Trinajstić information content (AvgIpc) is 2.94. The van der Waals surface area contributed by atoms with Crippen molar-refractivity contribution in [3.63, 3.8) is 0 Å². The number of para-hydroxylation sites is 1. The van der Waals surface area contributed by atoms with E-state index in [0.29, 0.717) is 19.5 Å². The highest BCUT2D eigenvalue weighted by molar-refractivity contribution is 5.83. The molecule has 6 heteroatoms. The van der Waals surface area contributed by atoms with Gasteiger partial charge in [0.2, 0.25) is 5.91 Å². The van der Waals surface area contributed by atoms with Crippen LogP contribution in [0.25, 0.3) is 10.9 Å². The lowest BCUT2D eigenvalue weighted by molar-refractivity contribution is -0.130. The normalized spacial score (nSPS) is 15.1. The van der Waals surface area contributed by atoms with Crippen molar-refractivity contribution in [1.82, 2.24) is 20.5 Å². The molecule has 0 unspecified atom stereocenters. The molecule has 1 aliphatic heterocycles. The van der Waals surface area contributed by atoms with Crippen LogP contribution in [0.3, 0.4) is 0 Å². The second-order valence-corrected chi connectivity index (χ2v) is 6.84. The Morgan fingerprint density at radius 1 is 1.12 bits per heavy atom. The monoisotopic (exact) mass is 356 g/mol. The van der Waals surface area contributed by atoms with E-state index in [9.17, 15) is 9.59 Å². The highest BCUT2D eigenvalue weighted by Gasteiger charge is 2.15. The molecule has 3 amide bonds. The fraction of sp³-hybridized carbons (Fsp3) is 0.500. The maximum absolute atomic E-state index is 11.9. The summed E-state index contributed by atoms with van der Waals surface area (Å²) < 4.78 is 0. The van der Waals surface area contributed by atoms with Gasteiger partial charge in [0.1, 0.15) is 0 Å². The standard InChI is InChI=1S/C20H28N4O2/c25-19-9-2-1-5-13-24(19)14-6-11-21-20(26)22-12-10-16-15-23-18-8-4-3-7-17(16)18/h3-4,7-8,15,23H,1-2,5-6,9-14H2,(H2,21,22,26). The minimum atomic E-state index is -0.146. The van der Waals surface area contributed by atoms with Crippen LogP contribution in [0, 0.1) is 0 Å². The van der Waals surface area contributed by atoms with Crippen LogP contribution in [0.2, 0.25) is 0 Å². The third-order valence-corrected chi connectivity index (χ3v) is 4.92.